The molecule has 0 aromatic heterocycles. The van der Waals surface area contributed by atoms with Crippen LogP contribution in [0.3, 0.4) is 0 Å². The van der Waals surface area contributed by atoms with E-state index in [4.69, 9.17) is 4.74 Å². The lowest BCUT2D eigenvalue weighted by Gasteiger charge is -2.16. The molecule has 0 aliphatic heterocycles. The van der Waals surface area contributed by atoms with Crippen molar-refractivity contribution < 1.29 is 4.74 Å². The Bertz CT molecular complexity index is 206. The topological polar surface area (TPSA) is 9.23 Å². The molecule has 0 amide bonds. The van der Waals surface area contributed by atoms with Gasteiger partial charge in [0, 0.05) is 0 Å². The van der Waals surface area contributed by atoms with Crippen molar-refractivity contribution in [3.63, 3.8) is 0 Å². The SMILES string of the molecule is C=C/C=C(\C=C)OC.CCCCC(C)(C)C. The van der Waals surface area contributed by atoms with Gasteiger partial charge in [0.25, 0.3) is 0 Å². The van der Waals surface area contributed by atoms with E-state index in [9.17, 15) is 0 Å². The lowest BCUT2D eigenvalue weighted by Crippen LogP contribution is -2.03. The van der Waals surface area contributed by atoms with Gasteiger partial charge < -0.3 is 4.74 Å². The highest BCUT2D eigenvalue weighted by Crippen LogP contribution is 2.20. The summed E-state index contributed by atoms with van der Waals surface area (Å²) in [6, 6.07) is 0. The largest absolute Gasteiger partial charge is 0.497 e. The smallest absolute Gasteiger partial charge is 0.118 e. The van der Waals surface area contributed by atoms with E-state index in [0.29, 0.717) is 5.41 Å². The Labute approximate surface area is 102 Å². The third-order valence-electron chi connectivity index (χ3n) is 2.00. The van der Waals surface area contributed by atoms with Crippen LogP contribution in [-0.2, 0) is 4.74 Å². The summed E-state index contributed by atoms with van der Waals surface area (Å²) in [7, 11) is 1.59. The second kappa shape index (κ2) is 10.5. The maximum atomic E-state index is 4.81. The molecule has 0 fully saturated rings. The number of allylic oxidation sites excluding steroid dienone is 3. The van der Waals surface area contributed by atoms with Gasteiger partial charge in [-0.2, -0.15) is 0 Å². The molecule has 0 unspecified atom stereocenters. The molecule has 0 saturated heterocycles. The van der Waals surface area contributed by atoms with Crippen molar-refractivity contribution in [2.24, 2.45) is 5.41 Å². The molecule has 0 N–H and O–H groups in total. The fourth-order valence-electron chi connectivity index (χ4n) is 1.04. The molecule has 1 nitrogen and oxygen atoms in total. The van der Waals surface area contributed by atoms with E-state index < -0.39 is 0 Å². The van der Waals surface area contributed by atoms with E-state index in [1.54, 1.807) is 25.3 Å². The summed E-state index contributed by atoms with van der Waals surface area (Å²) in [5.41, 5.74) is 0.552. The Morgan fingerprint density at radius 2 is 1.81 bits per heavy atom. The summed E-state index contributed by atoms with van der Waals surface area (Å²) in [5, 5.41) is 0. The molecule has 0 radical (unpaired) electrons. The van der Waals surface area contributed by atoms with Gasteiger partial charge in [-0.1, -0.05) is 59.8 Å². The first kappa shape index (κ1) is 17.4. The van der Waals surface area contributed by atoms with Crippen molar-refractivity contribution in [2.75, 3.05) is 7.11 Å². The first-order valence-corrected chi connectivity index (χ1v) is 5.90. The standard InChI is InChI=1S/C8H18.C7H10O/c1-5-6-7-8(2,3)4;1-4-6-7(5-2)8-3/h5-7H2,1-4H3;4-6H,1-2H2,3H3/b;7-6+. The van der Waals surface area contributed by atoms with Crippen molar-refractivity contribution in [3.8, 4) is 0 Å². The Morgan fingerprint density at radius 1 is 1.25 bits per heavy atom. The molecule has 16 heavy (non-hydrogen) atoms. The molecule has 0 aromatic rings. The minimum Gasteiger partial charge on any atom is -0.497 e. The van der Waals surface area contributed by atoms with E-state index >= 15 is 0 Å². The Morgan fingerprint density at radius 3 is 1.94 bits per heavy atom. The van der Waals surface area contributed by atoms with Crippen LogP contribution in [0, 0.1) is 5.41 Å². The van der Waals surface area contributed by atoms with Gasteiger partial charge in [-0.3, -0.25) is 0 Å². The van der Waals surface area contributed by atoms with Gasteiger partial charge in [-0.15, -0.1) is 0 Å². The Kier molecular flexibility index (Phi) is 11.5. The van der Waals surface area contributed by atoms with Gasteiger partial charge in [-0.05, 0) is 24.0 Å². The van der Waals surface area contributed by atoms with Crippen LogP contribution in [-0.4, -0.2) is 7.11 Å². The van der Waals surface area contributed by atoms with Crippen LogP contribution >= 0.6 is 0 Å². The van der Waals surface area contributed by atoms with Crippen molar-refractivity contribution in [1.29, 1.82) is 0 Å². The number of rotatable bonds is 5. The highest BCUT2D eigenvalue weighted by Gasteiger charge is 2.07. The third kappa shape index (κ3) is 15.5. The van der Waals surface area contributed by atoms with Gasteiger partial charge in [0.2, 0.25) is 0 Å². The summed E-state index contributed by atoms with van der Waals surface area (Å²) < 4.78 is 4.81. The molecule has 0 aliphatic rings. The monoisotopic (exact) mass is 224 g/mol. The van der Waals surface area contributed by atoms with E-state index in [2.05, 4.69) is 40.9 Å². The van der Waals surface area contributed by atoms with Crippen LogP contribution in [0.15, 0.2) is 37.1 Å². The second-order valence-electron chi connectivity index (χ2n) is 4.88. The van der Waals surface area contributed by atoms with E-state index in [-0.39, 0.29) is 0 Å². The normalized spacial score (nSPS) is 11.2. The summed E-state index contributed by atoms with van der Waals surface area (Å²) in [6.45, 7) is 16.1. The molecule has 0 aliphatic carbocycles. The molecule has 94 valence electrons. The molecule has 0 heterocycles. The first-order chi connectivity index (χ1) is 7.41. The Hall–Kier alpha value is -0.980. The molecule has 0 atom stereocenters. The number of unbranched alkanes of at least 4 members (excludes halogenated alkanes) is 1. The zero-order chi connectivity index (χ0) is 13.0. The lowest BCUT2D eigenvalue weighted by atomic mass is 9.90. The zero-order valence-corrected chi connectivity index (χ0v) is 11.7. The molecule has 0 rings (SSSR count). The highest BCUT2D eigenvalue weighted by atomic mass is 16.5. The lowest BCUT2D eigenvalue weighted by molar-refractivity contribution is 0.307. The Balaban J connectivity index is 0. The number of hydrogen-bond acceptors (Lipinski definition) is 1. The zero-order valence-electron chi connectivity index (χ0n) is 11.7. The molecular formula is C15H28O. The maximum absolute atomic E-state index is 4.81. The van der Waals surface area contributed by atoms with Gasteiger partial charge in [-0.25, -0.2) is 0 Å². The summed E-state index contributed by atoms with van der Waals surface area (Å²) in [5.74, 6) is 0.736. The van der Waals surface area contributed by atoms with E-state index in [1.807, 2.05) is 0 Å². The van der Waals surface area contributed by atoms with Gasteiger partial charge >= 0.3 is 0 Å². The maximum Gasteiger partial charge on any atom is 0.118 e. The molecule has 0 bridgehead atoms. The minimum atomic E-state index is 0.552. The van der Waals surface area contributed by atoms with Crippen LogP contribution in [0.2, 0.25) is 0 Å². The van der Waals surface area contributed by atoms with Crippen LogP contribution in [0.5, 0.6) is 0 Å². The van der Waals surface area contributed by atoms with Gasteiger partial charge in [0.15, 0.2) is 0 Å². The molecule has 0 saturated carbocycles. The quantitative estimate of drug-likeness (QED) is 0.465. The minimum absolute atomic E-state index is 0.552. The fourth-order valence-corrected chi connectivity index (χ4v) is 1.04. The predicted molar refractivity (Wildman–Crippen MR) is 74.5 cm³/mol. The van der Waals surface area contributed by atoms with Crippen molar-refractivity contribution >= 4 is 0 Å². The summed E-state index contributed by atoms with van der Waals surface area (Å²) in [4.78, 5) is 0. The molecule has 0 aromatic carbocycles. The highest BCUT2D eigenvalue weighted by molar-refractivity contribution is 5.14. The van der Waals surface area contributed by atoms with Crippen molar-refractivity contribution in [2.45, 2.75) is 47.0 Å². The number of ether oxygens (including phenoxy) is 1. The average Bonchev–Trinajstić information content (AvgIpc) is 2.23. The predicted octanol–water partition coefficient (Wildman–Crippen LogP) is 5.11. The van der Waals surface area contributed by atoms with Crippen LogP contribution in [0.4, 0.5) is 0 Å². The van der Waals surface area contributed by atoms with Gasteiger partial charge in [0.1, 0.15) is 5.76 Å². The second-order valence-corrected chi connectivity index (χ2v) is 4.88. The fraction of sp³-hybridized carbons (Fsp3) is 0.600. The first-order valence-electron chi connectivity index (χ1n) is 5.90. The summed E-state index contributed by atoms with van der Waals surface area (Å²) in [6.07, 6.45) is 9.10. The number of methoxy groups -OCH3 is 1. The molecular weight excluding hydrogens is 196 g/mol. The average molecular weight is 224 g/mol. The van der Waals surface area contributed by atoms with Gasteiger partial charge in [0.05, 0.1) is 7.11 Å². The van der Waals surface area contributed by atoms with Crippen molar-refractivity contribution in [1.82, 2.24) is 0 Å². The molecule has 0 spiro atoms. The summed E-state index contributed by atoms with van der Waals surface area (Å²) >= 11 is 0. The van der Waals surface area contributed by atoms with Crippen LogP contribution < -0.4 is 0 Å². The third-order valence-corrected chi connectivity index (χ3v) is 2.00. The van der Waals surface area contributed by atoms with E-state index in [0.717, 1.165) is 5.76 Å². The van der Waals surface area contributed by atoms with Crippen LogP contribution in [0.25, 0.3) is 0 Å². The van der Waals surface area contributed by atoms with Crippen LogP contribution in [0.1, 0.15) is 47.0 Å². The molecule has 1 heteroatoms. The van der Waals surface area contributed by atoms with E-state index in [1.165, 1.54) is 19.3 Å². The number of hydrogen-bond donors (Lipinski definition) is 0. The van der Waals surface area contributed by atoms with Crippen molar-refractivity contribution in [3.05, 3.63) is 37.1 Å².